The highest BCUT2D eigenvalue weighted by Crippen LogP contribution is 2.34. The molecule has 0 radical (unpaired) electrons. The summed E-state index contributed by atoms with van der Waals surface area (Å²) in [6.45, 7) is 8.29. The SMILES string of the molecule is CCOc1ccc(C(C)(C)C(=O)NCc2cn(CC(=O)O)nn2)cc1OCC. The molecule has 0 aliphatic rings. The smallest absolute Gasteiger partial charge is 0.325 e. The minimum absolute atomic E-state index is 0.150. The Balaban J connectivity index is 2.10. The van der Waals surface area contributed by atoms with Crippen LogP contribution in [0.5, 0.6) is 11.5 Å². The lowest BCUT2D eigenvalue weighted by molar-refractivity contribution is -0.138. The van der Waals surface area contributed by atoms with Crippen LogP contribution < -0.4 is 14.8 Å². The monoisotopic (exact) mass is 390 g/mol. The van der Waals surface area contributed by atoms with Crippen molar-refractivity contribution in [2.24, 2.45) is 0 Å². The van der Waals surface area contributed by atoms with Crippen LogP contribution in [0.25, 0.3) is 0 Å². The van der Waals surface area contributed by atoms with Crippen molar-refractivity contribution in [3.05, 3.63) is 35.7 Å². The Morgan fingerprint density at radius 1 is 1.18 bits per heavy atom. The van der Waals surface area contributed by atoms with E-state index in [1.807, 2.05) is 39.8 Å². The first-order valence-electron chi connectivity index (χ1n) is 9.07. The van der Waals surface area contributed by atoms with Gasteiger partial charge < -0.3 is 19.9 Å². The molecule has 0 saturated heterocycles. The predicted molar refractivity (Wildman–Crippen MR) is 101 cm³/mol. The molecule has 1 aromatic heterocycles. The first-order valence-corrected chi connectivity index (χ1v) is 9.07. The second kappa shape index (κ2) is 9.20. The highest BCUT2D eigenvalue weighted by molar-refractivity contribution is 5.87. The van der Waals surface area contributed by atoms with E-state index < -0.39 is 11.4 Å². The Hall–Kier alpha value is -3.10. The standard InChI is InChI=1S/C19H26N4O5/c1-5-27-15-8-7-13(9-16(15)28-6-2)19(3,4)18(26)20-10-14-11-23(22-21-14)12-17(24)25/h7-9,11H,5-6,10,12H2,1-4H3,(H,20,26)(H,24,25). The topological polar surface area (TPSA) is 116 Å². The van der Waals surface area contributed by atoms with Gasteiger partial charge in [0.25, 0.3) is 0 Å². The summed E-state index contributed by atoms with van der Waals surface area (Å²) in [6, 6.07) is 5.46. The van der Waals surface area contributed by atoms with E-state index in [9.17, 15) is 9.59 Å². The van der Waals surface area contributed by atoms with Gasteiger partial charge in [-0.2, -0.15) is 0 Å². The summed E-state index contributed by atoms with van der Waals surface area (Å²) in [7, 11) is 0. The molecule has 0 unspecified atom stereocenters. The van der Waals surface area contributed by atoms with Crippen LogP contribution in [0.3, 0.4) is 0 Å². The number of hydrogen-bond acceptors (Lipinski definition) is 6. The van der Waals surface area contributed by atoms with Crippen molar-refractivity contribution in [3.8, 4) is 11.5 Å². The van der Waals surface area contributed by atoms with Crippen molar-refractivity contribution in [2.45, 2.75) is 46.2 Å². The fourth-order valence-corrected chi connectivity index (χ4v) is 2.60. The predicted octanol–water partition coefficient (Wildman–Crippen LogP) is 1.75. The van der Waals surface area contributed by atoms with Gasteiger partial charge >= 0.3 is 5.97 Å². The number of nitrogens with zero attached hydrogens (tertiary/aromatic N) is 3. The zero-order valence-electron chi connectivity index (χ0n) is 16.6. The maximum atomic E-state index is 12.8. The average Bonchev–Trinajstić information content (AvgIpc) is 3.08. The molecule has 2 rings (SSSR count). The van der Waals surface area contributed by atoms with E-state index in [2.05, 4.69) is 15.6 Å². The summed E-state index contributed by atoms with van der Waals surface area (Å²) in [5, 5.41) is 19.2. The van der Waals surface area contributed by atoms with Gasteiger partial charge in [0.1, 0.15) is 12.2 Å². The number of carboxylic acids is 1. The second-order valence-electron chi connectivity index (χ2n) is 6.64. The van der Waals surface area contributed by atoms with E-state index in [-0.39, 0.29) is 19.0 Å². The molecule has 28 heavy (non-hydrogen) atoms. The van der Waals surface area contributed by atoms with Crippen LogP contribution in [0.4, 0.5) is 0 Å². The quantitative estimate of drug-likeness (QED) is 0.635. The number of amides is 1. The second-order valence-corrected chi connectivity index (χ2v) is 6.64. The van der Waals surface area contributed by atoms with E-state index in [1.165, 1.54) is 10.9 Å². The van der Waals surface area contributed by atoms with Crippen molar-refractivity contribution in [3.63, 3.8) is 0 Å². The molecule has 0 aliphatic heterocycles. The van der Waals surface area contributed by atoms with Crippen molar-refractivity contribution in [1.82, 2.24) is 20.3 Å². The third-order valence-corrected chi connectivity index (χ3v) is 4.15. The van der Waals surface area contributed by atoms with Crippen LogP contribution in [-0.4, -0.2) is 45.2 Å². The van der Waals surface area contributed by atoms with E-state index in [1.54, 1.807) is 6.07 Å². The number of carboxylic acid groups (broad SMARTS) is 1. The lowest BCUT2D eigenvalue weighted by Crippen LogP contribution is -2.39. The van der Waals surface area contributed by atoms with Gasteiger partial charge in [-0.05, 0) is 45.4 Å². The van der Waals surface area contributed by atoms with Crippen LogP contribution in [0.2, 0.25) is 0 Å². The molecular weight excluding hydrogens is 364 g/mol. The van der Waals surface area contributed by atoms with Gasteiger partial charge in [0, 0.05) is 0 Å². The van der Waals surface area contributed by atoms with Gasteiger partial charge in [-0.25, -0.2) is 4.68 Å². The largest absolute Gasteiger partial charge is 0.490 e. The number of nitrogens with one attached hydrogen (secondary N) is 1. The molecule has 152 valence electrons. The van der Waals surface area contributed by atoms with Crippen molar-refractivity contribution >= 4 is 11.9 Å². The van der Waals surface area contributed by atoms with Gasteiger partial charge in [0.05, 0.1) is 31.4 Å². The van der Waals surface area contributed by atoms with E-state index in [4.69, 9.17) is 14.6 Å². The number of rotatable bonds is 10. The third-order valence-electron chi connectivity index (χ3n) is 4.15. The molecule has 0 saturated carbocycles. The summed E-state index contributed by atoms with van der Waals surface area (Å²) < 4.78 is 12.4. The number of carbonyl (C=O) groups is 2. The fourth-order valence-electron chi connectivity index (χ4n) is 2.60. The summed E-state index contributed by atoms with van der Waals surface area (Å²) in [5.41, 5.74) is 0.437. The lowest BCUT2D eigenvalue weighted by Gasteiger charge is -2.25. The normalized spacial score (nSPS) is 11.1. The molecule has 0 spiro atoms. The van der Waals surface area contributed by atoms with Gasteiger partial charge in [-0.15, -0.1) is 5.10 Å². The molecule has 9 nitrogen and oxygen atoms in total. The molecular formula is C19H26N4O5. The highest BCUT2D eigenvalue weighted by atomic mass is 16.5. The minimum Gasteiger partial charge on any atom is -0.490 e. The van der Waals surface area contributed by atoms with Gasteiger partial charge in [-0.1, -0.05) is 11.3 Å². The zero-order chi connectivity index (χ0) is 20.7. The molecule has 0 aliphatic carbocycles. The van der Waals surface area contributed by atoms with Crippen LogP contribution in [-0.2, 0) is 28.1 Å². The van der Waals surface area contributed by atoms with Crippen molar-refractivity contribution < 1.29 is 24.2 Å². The Morgan fingerprint density at radius 3 is 2.50 bits per heavy atom. The summed E-state index contributed by atoms with van der Waals surface area (Å²) in [4.78, 5) is 23.5. The molecule has 0 atom stereocenters. The summed E-state index contributed by atoms with van der Waals surface area (Å²) in [6.07, 6.45) is 1.49. The van der Waals surface area contributed by atoms with Crippen molar-refractivity contribution in [1.29, 1.82) is 0 Å². The Labute approximate surface area is 163 Å². The van der Waals surface area contributed by atoms with E-state index >= 15 is 0 Å². The van der Waals surface area contributed by atoms with Gasteiger partial charge in [-0.3, -0.25) is 9.59 Å². The van der Waals surface area contributed by atoms with Gasteiger partial charge in [0.2, 0.25) is 5.91 Å². The Morgan fingerprint density at radius 2 is 1.86 bits per heavy atom. The number of benzene rings is 1. The van der Waals surface area contributed by atoms with Gasteiger partial charge in [0.15, 0.2) is 11.5 Å². The third kappa shape index (κ3) is 5.21. The number of hydrogen-bond donors (Lipinski definition) is 2. The first-order chi connectivity index (χ1) is 13.3. The molecule has 2 aromatic rings. The van der Waals surface area contributed by atoms with Crippen LogP contribution in [0, 0.1) is 0 Å². The zero-order valence-corrected chi connectivity index (χ0v) is 16.6. The van der Waals surface area contributed by atoms with E-state index in [0.29, 0.717) is 30.4 Å². The Kier molecular flexibility index (Phi) is 6.97. The fraction of sp³-hybridized carbons (Fsp3) is 0.474. The minimum atomic E-state index is -1.01. The number of ether oxygens (including phenoxy) is 2. The highest BCUT2D eigenvalue weighted by Gasteiger charge is 2.30. The molecule has 2 N–H and O–H groups in total. The first kappa shape index (κ1) is 21.2. The van der Waals surface area contributed by atoms with Crippen LogP contribution in [0.1, 0.15) is 39.0 Å². The summed E-state index contributed by atoms with van der Waals surface area (Å²) >= 11 is 0. The molecule has 1 amide bonds. The molecule has 9 heteroatoms. The number of aliphatic carboxylic acids is 1. The van der Waals surface area contributed by atoms with E-state index in [0.717, 1.165) is 5.56 Å². The molecule has 0 bridgehead atoms. The maximum absolute atomic E-state index is 12.8. The number of carbonyl (C=O) groups excluding carboxylic acids is 1. The number of aromatic nitrogens is 3. The average molecular weight is 390 g/mol. The van der Waals surface area contributed by atoms with Crippen LogP contribution >= 0.6 is 0 Å². The molecule has 1 aromatic carbocycles. The summed E-state index contributed by atoms with van der Waals surface area (Å²) in [5.74, 6) is 0.0211. The molecule has 0 fully saturated rings. The molecule has 1 heterocycles. The lowest BCUT2D eigenvalue weighted by atomic mass is 9.83. The Bertz CT molecular complexity index is 831. The van der Waals surface area contributed by atoms with Crippen LogP contribution in [0.15, 0.2) is 24.4 Å². The maximum Gasteiger partial charge on any atom is 0.325 e. The van der Waals surface area contributed by atoms with Crippen molar-refractivity contribution in [2.75, 3.05) is 13.2 Å².